The van der Waals surface area contributed by atoms with Crippen LogP contribution >= 0.6 is 0 Å². The van der Waals surface area contributed by atoms with Gasteiger partial charge in [0.2, 0.25) is 0 Å². The van der Waals surface area contributed by atoms with Gasteiger partial charge in [-0.25, -0.2) is 4.39 Å². The highest BCUT2D eigenvalue weighted by Gasteiger charge is 2.05. The fourth-order valence-corrected chi connectivity index (χ4v) is 1.90. The van der Waals surface area contributed by atoms with E-state index in [4.69, 9.17) is 5.26 Å². The maximum Gasteiger partial charge on any atom is 0.125 e. The van der Waals surface area contributed by atoms with Crippen molar-refractivity contribution in [3.8, 4) is 17.2 Å². The normalized spacial score (nSPS) is 10.4. The average Bonchev–Trinajstić information content (AvgIpc) is 2.38. The van der Waals surface area contributed by atoms with Gasteiger partial charge in [-0.15, -0.1) is 0 Å². The van der Waals surface area contributed by atoms with E-state index in [9.17, 15) is 4.39 Å². The van der Waals surface area contributed by atoms with Crippen LogP contribution in [0.4, 0.5) is 4.39 Å². The predicted molar refractivity (Wildman–Crippen MR) is 70.6 cm³/mol. The van der Waals surface area contributed by atoms with E-state index in [2.05, 4.69) is 19.9 Å². The Kier molecular flexibility index (Phi) is 3.43. The molecule has 0 fully saturated rings. The lowest BCUT2D eigenvalue weighted by Gasteiger charge is -2.08. The molecule has 0 aliphatic rings. The summed E-state index contributed by atoms with van der Waals surface area (Å²) in [7, 11) is 0. The quantitative estimate of drug-likeness (QED) is 0.757. The van der Waals surface area contributed by atoms with Gasteiger partial charge in [-0.1, -0.05) is 38.1 Å². The Bertz CT molecular complexity index is 609. The van der Waals surface area contributed by atoms with E-state index >= 15 is 0 Å². The third-order valence-corrected chi connectivity index (χ3v) is 2.91. The van der Waals surface area contributed by atoms with Crippen molar-refractivity contribution in [2.45, 2.75) is 19.8 Å². The summed E-state index contributed by atoms with van der Waals surface area (Å²) in [5.74, 6) is 0.0490. The second kappa shape index (κ2) is 5.01. The number of rotatable bonds is 2. The van der Waals surface area contributed by atoms with Crippen molar-refractivity contribution in [2.75, 3.05) is 0 Å². The predicted octanol–water partition coefficient (Wildman–Crippen LogP) is 4.49. The summed E-state index contributed by atoms with van der Waals surface area (Å²) in [6.45, 7) is 4.23. The Hall–Kier alpha value is -2.14. The number of halogens is 1. The summed E-state index contributed by atoms with van der Waals surface area (Å²) < 4.78 is 13.4. The van der Waals surface area contributed by atoms with Gasteiger partial charge in [-0.05, 0) is 40.8 Å². The van der Waals surface area contributed by atoms with Crippen LogP contribution in [-0.4, -0.2) is 0 Å². The molecular weight excluding hydrogens is 225 g/mol. The first-order chi connectivity index (χ1) is 8.60. The fraction of sp³-hybridized carbons (Fsp3) is 0.188. The minimum absolute atomic E-state index is 0.347. The highest BCUT2D eigenvalue weighted by molar-refractivity contribution is 5.66. The molecule has 0 N–H and O–H groups in total. The van der Waals surface area contributed by atoms with Crippen molar-refractivity contribution in [3.05, 3.63) is 59.4 Å². The van der Waals surface area contributed by atoms with E-state index < -0.39 is 0 Å². The van der Waals surface area contributed by atoms with Crippen LogP contribution in [0.1, 0.15) is 30.9 Å². The summed E-state index contributed by atoms with van der Waals surface area (Å²) >= 11 is 0. The van der Waals surface area contributed by atoms with Crippen molar-refractivity contribution in [1.29, 1.82) is 5.26 Å². The van der Waals surface area contributed by atoms with Gasteiger partial charge in [0.15, 0.2) is 0 Å². The number of hydrogen-bond donors (Lipinski definition) is 0. The monoisotopic (exact) mass is 239 g/mol. The van der Waals surface area contributed by atoms with Crippen molar-refractivity contribution in [2.24, 2.45) is 0 Å². The van der Waals surface area contributed by atoms with Gasteiger partial charge < -0.3 is 0 Å². The molecule has 2 aromatic rings. The maximum absolute atomic E-state index is 13.4. The molecule has 2 heteroatoms. The first kappa shape index (κ1) is 12.3. The van der Waals surface area contributed by atoms with Crippen molar-refractivity contribution >= 4 is 0 Å². The van der Waals surface area contributed by atoms with Gasteiger partial charge in [0.1, 0.15) is 5.82 Å². The van der Waals surface area contributed by atoms with E-state index in [1.165, 1.54) is 17.7 Å². The lowest BCUT2D eigenvalue weighted by molar-refractivity contribution is 0.628. The molecule has 0 heterocycles. The smallest absolute Gasteiger partial charge is 0.125 e. The van der Waals surface area contributed by atoms with Gasteiger partial charge in [0.25, 0.3) is 0 Å². The fourth-order valence-electron chi connectivity index (χ4n) is 1.90. The Morgan fingerprint density at radius 3 is 2.50 bits per heavy atom. The van der Waals surface area contributed by atoms with E-state index in [1.807, 2.05) is 24.3 Å². The Labute approximate surface area is 107 Å². The lowest BCUT2D eigenvalue weighted by Crippen LogP contribution is -1.89. The van der Waals surface area contributed by atoms with Crippen LogP contribution in [0.15, 0.2) is 42.5 Å². The molecular formula is C16H14FN. The molecule has 2 rings (SSSR count). The first-order valence-corrected chi connectivity index (χ1v) is 5.91. The zero-order valence-corrected chi connectivity index (χ0v) is 10.4. The van der Waals surface area contributed by atoms with Crippen molar-refractivity contribution in [1.82, 2.24) is 0 Å². The molecule has 0 spiro atoms. The number of nitriles is 1. The van der Waals surface area contributed by atoms with Crippen LogP contribution < -0.4 is 0 Å². The summed E-state index contributed by atoms with van der Waals surface area (Å²) in [5, 5.41) is 8.86. The standard InChI is InChI=1S/C16H14FN/c1-11(2)13-4-3-5-14(8-13)15-6-12(10-18)7-16(17)9-15/h3-9,11H,1-2H3. The van der Waals surface area contributed by atoms with Gasteiger partial charge in [0.05, 0.1) is 11.6 Å². The number of hydrogen-bond acceptors (Lipinski definition) is 1. The van der Waals surface area contributed by atoms with Crippen LogP contribution in [0, 0.1) is 17.1 Å². The third kappa shape index (κ3) is 2.57. The van der Waals surface area contributed by atoms with Gasteiger partial charge in [-0.3, -0.25) is 0 Å². The molecule has 90 valence electrons. The molecule has 0 aliphatic heterocycles. The highest BCUT2D eigenvalue weighted by Crippen LogP contribution is 2.25. The Balaban J connectivity index is 2.52. The molecule has 0 aromatic heterocycles. The largest absolute Gasteiger partial charge is 0.207 e. The molecule has 0 unspecified atom stereocenters. The third-order valence-electron chi connectivity index (χ3n) is 2.91. The zero-order chi connectivity index (χ0) is 13.1. The second-order valence-corrected chi connectivity index (χ2v) is 4.62. The van der Waals surface area contributed by atoms with Crippen LogP contribution in [0.3, 0.4) is 0 Å². The summed E-state index contributed by atoms with van der Waals surface area (Å²) in [6.07, 6.45) is 0. The number of nitrogens with zero attached hydrogens (tertiary/aromatic N) is 1. The highest BCUT2D eigenvalue weighted by atomic mass is 19.1. The lowest BCUT2D eigenvalue weighted by atomic mass is 9.96. The van der Waals surface area contributed by atoms with Crippen molar-refractivity contribution < 1.29 is 4.39 Å². The molecule has 18 heavy (non-hydrogen) atoms. The maximum atomic E-state index is 13.4. The van der Waals surface area contributed by atoms with Crippen LogP contribution in [-0.2, 0) is 0 Å². The van der Waals surface area contributed by atoms with Crippen LogP contribution in [0.25, 0.3) is 11.1 Å². The first-order valence-electron chi connectivity index (χ1n) is 5.91. The molecule has 0 radical (unpaired) electrons. The Morgan fingerprint density at radius 2 is 1.83 bits per heavy atom. The number of benzene rings is 2. The minimum Gasteiger partial charge on any atom is -0.207 e. The molecule has 0 atom stereocenters. The van der Waals surface area contributed by atoms with Crippen molar-refractivity contribution in [3.63, 3.8) is 0 Å². The molecule has 1 nitrogen and oxygen atoms in total. The second-order valence-electron chi connectivity index (χ2n) is 4.62. The molecule has 2 aromatic carbocycles. The summed E-state index contributed by atoms with van der Waals surface area (Å²) in [4.78, 5) is 0. The van der Waals surface area contributed by atoms with E-state index in [0.717, 1.165) is 11.1 Å². The zero-order valence-electron chi connectivity index (χ0n) is 10.4. The Morgan fingerprint density at radius 1 is 1.06 bits per heavy atom. The van der Waals surface area contributed by atoms with E-state index in [0.29, 0.717) is 11.5 Å². The van der Waals surface area contributed by atoms with Crippen LogP contribution in [0.2, 0.25) is 0 Å². The molecule has 0 bridgehead atoms. The molecule has 0 saturated carbocycles. The molecule has 0 amide bonds. The molecule has 0 aliphatic carbocycles. The SMILES string of the molecule is CC(C)c1cccc(-c2cc(F)cc(C#N)c2)c1. The van der Waals surface area contributed by atoms with Gasteiger partial charge in [0, 0.05) is 0 Å². The summed E-state index contributed by atoms with van der Waals surface area (Å²) in [5.41, 5.74) is 3.24. The average molecular weight is 239 g/mol. The van der Waals surface area contributed by atoms with Gasteiger partial charge >= 0.3 is 0 Å². The minimum atomic E-state index is -0.376. The van der Waals surface area contributed by atoms with E-state index in [1.54, 1.807) is 6.07 Å². The van der Waals surface area contributed by atoms with Gasteiger partial charge in [-0.2, -0.15) is 5.26 Å². The van der Waals surface area contributed by atoms with E-state index in [-0.39, 0.29) is 5.82 Å². The molecule has 0 saturated heterocycles. The summed E-state index contributed by atoms with van der Waals surface area (Å²) in [6, 6.07) is 14.4. The van der Waals surface area contributed by atoms with Crippen LogP contribution in [0.5, 0.6) is 0 Å². The topological polar surface area (TPSA) is 23.8 Å².